The van der Waals surface area contributed by atoms with Crippen LogP contribution >= 0.6 is 11.6 Å². The molecule has 0 saturated carbocycles. The molecule has 17 heavy (non-hydrogen) atoms. The summed E-state index contributed by atoms with van der Waals surface area (Å²) in [5.74, 6) is -0.409. The molecule has 0 aliphatic heterocycles. The highest BCUT2D eigenvalue weighted by Crippen LogP contribution is 2.35. The van der Waals surface area contributed by atoms with E-state index in [1.807, 2.05) is 20.8 Å². The molecule has 3 N–H and O–H groups in total. The van der Waals surface area contributed by atoms with Gasteiger partial charge in [0.1, 0.15) is 5.82 Å². The van der Waals surface area contributed by atoms with Gasteiger partial charge in [-0.1, -0.05) is 38.4 Å². The predicted octanol–water partition coefficient (Wildman–Crippen LogP) is 2.76. The van der Waals surface area contributed by atoms with Crippen LogP contribution < -0.4 is 5.73 Å². The highest BCUT2D eigenvalue weighted by Gasteiger charge is 2.39. The molecular weight excluding hydrogens is 241 g/mol. The van der Waals surface area contributed by atoms with Crippen LogP contribution in [0.1, 0.15) is 26.3 Å². The van der Waals surface area contributed by atoms with E-state index in [0.717, 1.165) is 0 Å². The zero-order valence-electron chi connectivity index (χ0n) is 10.4. The number of halogens is 2. The van der Waals surface area contributed by atoms with Gasteiger partial charge in [-0.15, -0.1) is 0 Å². The molecule has 96 valence electrons. The molecule has 0 aliphatic carbocycles. The molecule has 1 unspecified atom stereocenters. The van der Waals surface area contributed by atoms with E-state index in [-0.39, 0.29) is 13.0 Å². The molecule has 4 heteroatoms. The second-order valence-electron chi connectivity index (χ2n) is 5.36. The standard InChI is InChI=1S/C13H19ClFNO/c1-12(2,3)13(17,8-16)7-9-10(14)5-4-6-11(9)15/h4-6,17H,7-8,16H2,1-3H3. The Morgan fingerprint density at radius 1 is 1.35 bits per heavy atom. The molecule has 0 bridgehead atoms. The second-order valence-corrected chi connectivity index (χ2v) is 5.77. The van der Waals surface area contributed by atoms with Crippen molar-refractivity contribution in [1.29, 1.82) is 0 Å². The summed E-state index contributed by atoms with van der Waals surface area (Å²) in [5.41, 5.74) is 4.31. The fourth-order valence-corrected chi connectivity index (χ4v) is 1.87. The van der Waals surface area contributed by atoms with E-state index in [0.29, 0.717) is 10.6 Å². The van der Waals surface area contributed by atoms with E-state index < -0.39 is 16.8 Å². The molecular formula is C13H19ClFNO. The fourth-order valence-electron chi connectivity index (χ4n) is 1.64. The Morgan fingerprint density at radius 2 is 1.94 bits per heavy atom. The molecule has 1 aromatic carbocycles. The molecule has 0 aromatic heterocycles. The van der Waals surface area contributed by atoms with Crippen molar-refractivity contribution in [3.63, 3.8) is 0 Å². The van der Waals surface area contributed by atoms with Gasteiger partial charge in [0.2, 0.25) is 0 Å². The third-order valence-corrected chi connectivity index (χ3v) is 3.62. The molecule has 0 saturated heterocycles. The molecule has 1 aromatic rings. The number of rotatable bonds is 3. The fraction of sp³-hybridized carbons (Fsp3) is 0.538. The van der Waals surface area contributed by atoms with Crippen LogP contribution in [-0.2, 0) is 6.42 Å². The second kappa shape index (κ2) is 4.92. The summed E-state index contributed by atoms with van der Waals surface area (Å²) in [5, 5.41) is 10.8. The average Bonchev–Trinajstić information content (AvgIpc) is 2.22. The summed E-state index contributed by atoms with van der Waals surface area (Å²) in [6, 6.07) is 4.49. The Kier molecular flexibility index (Phi) is 4.18. The van der Waals surface area contributed by atoms with Crippen LogP contribution in [0.2, 0.25) is 5.02 Å². The lowest BCUT2D eigenvalue weighted by Gasteiger charge is -2.39. The largest absolute Gasteiger partial charge is 0.388 e. The molecule has 2 nitrogen and oxygen atoms in total. The van der Waals surface area contributed by atoms with E-state index in [9.17, 15) is 9.50 Å². The first kappa shape index (κ1) is 14.4. The minimum absolute atomic E-state index is 0.0567. The Balaban J connectivity index is 3.12. The van der Waals surface area contributed by atoms with E-state index in [4.69, 9.17) is 17.3 Å². The molecule has 0 spiro atoms. The molecule has 1 rings (SSSR count). The van der Waals surface area contributed by atoms with E-state index in [1.54, 1.807) is 12.1 Å². The summed E-state index contributed by atoms with van der Waals surface area (Å²) in [4.78, 5) is 0. The van der Waals surface area contributed by atoms with Gasteiger partial charge in [0.15, 0.2) is 0 Å². The van der Waals surface area contributed by atoms with E-state index in [1.165, 1.54) is 6.07 Å². The average molecular weight is 260 g/mol. The van der Waals surface area contributed by atoms with Crippen molar-refractivity contribution in [3.05, 3.63) is 34.6 Å². The van der Waals surface area contributed by atoms with Gasteiger partial charge < -0.3 is 10.8 Å². The molecule has 0 fully saturated rings. The molecule has 0 radical (unpaired) electrons. The number of hydrogen-bond acceptors (Lipinski definition) is 2. The monoisotopic (exact) mass is 259 g/mol. The van der Waals surface area contributed by atoms with Crippen molar-refractivity contribution >= 4 is 11.6 Å². The van der Waals surface area contributed by atoms with Gasteiger partial charge in [0.05, 0.1) is 5.60 Å². The molecule has 0 aliphatic rings. The molecule has 1 atom stereocenters. The quantitative estimate of drug-likeness (QED) is 0.877. The first-order chi connectivity index (χ1) is 7.71. The van der Waals surface area contributed by atoms with Crippen molar-refractivity contribution < 1.29 is 9.50 Å². The molecule has 0 heterocycles. The van der Waals surface area contributed by atoms with Crippen molar-refractivity contribution in [2.75, 3.05) is 6.54 Å². The highest BCUT2D eigenvalue weighted by molar-refractivity contribution is 6.31. The van der Waals surface area contributed by atoms with Crippen LogP contribution in [0.5, 0.6) is 0 Å². The van der Waals surface area contributed by atoms with Gasteiger partial charge in [0.25, 0.3) is 0 Å². The minimum atomic E-state index is -1.18. The van der Waals surface area contributed by atoms with Crippen LogP contribution in [0.3, 0.4) is 0 Å². The van der Waals surface area contributed by atoms with Crippen molar-refractivity contribution in [2.45, 2.75) is 32.8 Å². The SMILES string of the molecule is CC(C)(C)C(O)(CN)Cc1c(F)cccc1Cl. The zero-order chi connectivity index (χ0) is 13.3. The van der Waals surface area contributed by atoms with Crippen LogP contribution in [-0.4, -0.2) is 17.3 Å². The maximum Gasteiger partial charge on any atom is 0.127 e. The zero-order valence-corrected chi connectivity index (χ0v) is 11.2. The van der Waals surface area contributed by atoms with Gasteiger partial charge in [-0.25, -0.2) is 4.39 Å². The Morgan fingerprint density at radius 3 is 2.35 bits per heavy atom. The topological polar surface area (TPSA) is 46.2 Å². The van der Waals surface area contributed by atoms with Crippen molar-refractivity contribution in [3.8, 4) is 0 Å². The third-order valence-electron chi connectivity index (χ3n) is 3.26. The molecule has 0 amide bonds. The minimum Gasteiger partial charge on any atom is -0.388 e. The maximum absolute atomic E-state index is 13.7. The Bertz CT molecular complexity index is 383. The highest BCUT2D eigenvalue weighted by atomic mass is 35.5. The smallest absolute Gasteiger partial charge is 0.127 e. The van der Waals surface area contributed by atoms with Crippen molar-refractivity contribution in [2.24, 2.45) is 11.1 Å². The Labute approximate surface area is 107 Å². The van der Waals surface area contributed by atoms with Gasteiger partial charge in [0, 0.05) is 23.6 Å². The predicted molar refractivity (Wildman–Crippen MR) is 68.6 cm³/mol. The first-order valence-corrected chi connectivity index (χ1v) is 5.94. The van der Waals surface area contributed by atoms with Crippen LogP contribution in [0.25, 0.3) is 0 Å². The van der Waals surface area contributed by atoms with Crippen LogP contribution in [0, 0.1) is 11.2 Å². The summed E-state index contributed by atoms with van der Waals surface area (Å²) < 4.78 is 13.7. The summed E-state index contributed by atoms with van der Waals surface area (Å²) in [6.07, 6.45) is 0.110. The number of benzene rings is 1. The van der Waals surface area contributed by atoms with Gasteiger partial charge in [-0.3, -0.25) is 0 Å². The van der Waals surface area contributed by atoms with Crippen LogP contribution in [0.4, 0.5) is 4.39 Å². The van der Waals surface area contributed by atoms with Gasteiger partial charge >= 0.3 is 0 Å². The Hall–Kier alpha value is -0.640. The first-order valence-electron chi connectivity index (χ1n) is 5.56. The lowest BCUT2D eigenvalue weighted by Crippen LogP contribution is -2.51. The summed E-state index contributed by atoms with van der Waals surface area (Å²) in [6.45, 7) is 5.67. The van der Waals surface area contributed by atoms with Gasteiger partial charge in [-0.05, 0) is 17.5 Å². The number of aliphatic hydroxyl groups is 1. The van der Waals surface area contributed by atoms with Crippen molar-refractivity contribution in [1.82, 2.24) is 0 Å². The lowest BCUT2D eigenvalue weighted by atomic mass is 9.73. The van der Waals surface area contributed by atoms with Crippen LogP contribution in [0.15, 0.2) is 18.2 Å². The number of nitrogens with two attached hydrogens (primary N) is 1. The summed E-state index contributed by atoms with van der Waals surface area (Å²) >= 11 is 5.95. The third kappa shape index (κ3) is 2.97. The normalized spacial score (nSPS) is 15.7. The van der Waals surface area contributed by atoms with E-state index >= 15 is 0 Å². The summed E-state index contributed by atoms with van der Waals surface area (Å²) in [7, 11) is 0. The van der Waals surface area contributed by atoms with E-state index in [2.05, 4.69) is 0 Å². The van der Waals surface area contributed by atoms with Gasteiger partial charge in [-0.2, -0.15) is 0 Å². The number of hydrogen-bond donors (Lipinski definition) is 2. The lowest BCUT2D eigenvalue weighted by molar-refractivity contribution is -0.0495. The maximum atomic E-state index is 13.7.